The van der Waals surface area contributed by atoms with Crippen LogP contribution in [-0.4, -0.2) is 61.2 Å². The highest BCUT2D eigenvalue weighted by atomic mass is 16.5. The number of guanidine groups is 1. The van der Waals surface area contributed by atoms with Gasteiger partial charge in [-0.25, -0.2) is 4.99 Å². The molecule has 1 aliphatic rings. The number of hydrogen-bond donors (Lipinski definition) is 2. The summed E-state index contributed by atoms with van der Waals surface area (Å²) >= 11 is 0. The quantitative estimate of drug-likeness (QED) is 0.536. The average molecular weight is 413 g/mol. The third-order valence-electron chi connectivity index (χ3n) is 5.07. The second-order valence-corrected chi connectivity index (χ2v) is 7.62. The van der Waals surface area contributed by atoms with Crippen LogP contribution in [0.5, 0.6) is 0 Å². The first-order valence-electron chi connectivity index (χ1n) is 10.6. The van der Waals surface area contributed by atoms with Gasteiger partial charge in [-0.2, -0.15) is 0 Å². The molecule has 8 nitrogen and oxygen atoms in total. The van der Waals surface area contributed by atoms with Crippen LogP contribution in [-0.2, 0) is 11.3 Å². The van der Waals surface area contributed by atoms with Gasteiger partial charge in [-0.3, -0.25) is 4.79 Å². The Kier molecular flexibility index (Phi) is 7.70. The molecule has 1 amide bonds. The predicted molar refractivity (Wildman–Crippen MR) is 119 cm³/mol. The topological polar surface area (TPSA) is 86.0 Å². The maximum absolute atomic E-state index is 12.6. The fourth-order valence-electron chi connectivity index (χ4n) is 3.30. The largest absolute Gasteiger partial charge is 0.368 e. The lowest BCUT2D eigenvalue weighted by molar-refractivity contribution is -0.129. The van der Waals surface area contributed by atoms with Crippen LogP contribution < -0.4 is 15.5 Å². The Labute approximate surface area is 178 Å². The predicted octanol–water partition coefficient (Wildman–Crippen LogP) is 2.20. The molecule has 1 aromatic carbocycles. The number of rotatable bonds is 7. The van der Waals surface area contributed by atoms with Crippen molar-refractivity contribution < 1.29 is 9.32 Å². The molecule has 0 atom stereocenters. The van der Waals surface area contributed by atoms with E-state index in [4.69, 9.17) is 4.52 Å². The lowest BCUT2D eigenvalue weighted by Crippen LogP contribution is -2.49. The second-order valence-electron chi connectivity index (χ2n) is 7.62. The summed E-state index contributed by atoms with van der Waals surface area (Å²) in [5.74, 6) is 1.70. The van der Waals surface area contributed by atoms with Crippen molar-refractivity contribution in [3.05, 3.63) is 47.9 Å². The number of para-hydroxylation sites is 1. The highest BCUT2D eigenvalue weighted by Gasteiger charge is 2.21. The van der Waals surface area contributed by atoms with Gasteiger partial charge in [-0.05, 0) is 25.0 Å². The number of aromatic nitrogens is 1. The minimum atomic E-state index is 0.0432. The van der Waals surface area contributed by atoms with E-state index in [2.05, 4.69) is 51.7 Å². The van der Waals surface area contributed by atoms with E-state index >= 15 is 0 Å². The minimum absolute atomic E-state index is 0.0432. The van der Waals surface area contributed by atoms with Crippen LogP contribution in [0.1, 0.15) is 38.1 Å². The van der Waals surface area contributed by atoms with E-state index in [0.29, 0.717) is 38.1 Å². The fourth-order valence-corrected chi connectivity index (χ4v) is 3.30. The van der Waals surface area contributed by atoms with E-state index in [1.54, 1.807) is 0 Å². The smallest absolute Gasteiger partial charge is 0.244 e. The standard InChI is InChI=1S/C22H32N6O2/c1-4-23-22(24-15-19-14-20(17(2)3)26-30-19)25-16-21(29)28-12-10-27(11-13-28)18-8-6-5-7-9-18/h5-9,14,17H,4,10-13,15-16H2,1-3H3,(H2,23,24,25). The lowest BCUT2D eigenvalue weighted by atomic mass is 10.1. The number of amides is 1. The van der Waals surface area contributed by atoms with Gasteiger partial charge in [0.25, 0.3) is 0 Å². The van der Waals surface area contributed by atoms with Gasteiger partial charge in [0.2, 0.25) is 5.91 Å². The van der Waals surface area contributed by atoms with Crippen molar-refractivity contribution in [2.24, 2.45) is 4.99 Å². The SMILES string of the molecule is CCNC(=NCC(=O)N1CCN(c2ccccc2)CC1)NCc1cc(C(C)C)no1. The summed E-state index contributed by atoms with van der Waals surface area (Å²) in [4.78, 5) is 21.3. The summed E-state index contributed by atoms with van der Waals surface area (Å²) in [5.41, 5.74) is 2.13. The number of nitrogens with one attached hydrogen (secondary N) is 2. The molecule has 162 valence electrons. The third-order valence-corrected chi connectivity index (χ3v) is 5.07. The summed E-state index contributed by atoms with van der Waals surface area (Å²) < 4.78 is 5.35. The Hall–Kier alpha value is -3.03. The van der Waals surface area contributed by atoms with Crippen molar-refractivity contribution in [1.29, 1.82) is 0 Å². The first kappa shape index (κ1) is 21.7. The minimum Gasteiger partial charge on any atom is -0.368 e. The number of carbonyl (C=O) groups excluding carboxylic acids is 1. The van der Waals surface area contributed by atoms with E-state index in [0.717, 1.165) is 24.5 Å². The molecule has 1 saturated heterocycles. The Bertz CT molecular complexity index is 825. The molecule has 1 aliphatic heterocycles. The second kappa shape index (κ2) is 10.7. The Morgan fingerprint density at radius 1 is 1.17 bits per heavy atom. The molecule has 0 bridgehead atoms. The Balaban J connectivity index is 1.48. The number of hydrogen-bond acceptors (Lipinski definition) is 5. The van der Waals surface area contributed by atoms with Crippen LogP contribution in [0.3, 0.4) is 0 Å². The van der Waals surface area contributed by atoms with Gasteiger partial charge in [0.05, 0.1) is 12.2 Å². The Morgan fingerprint density at radius 3 is 2.53 bits per heavy atom. The van der Waals surface area contributed by atoms with Gasteiger partial charge in [-0.1, -0.05) is 37.2 Å². The summed E-state index contributed by atoms with van der Waals surface area (Å²) in [6.45, 7) is 10.5. The number of nitrogens with zero attached hydrogens (tertiary/aromatic N) is 4. The zero-order valence-corrected chi connectivity index (χ0v) is 18.1. The normalized spacial score (nSPS) is 14.9. The molecule has 2 aromatic rings. The van der Waals surface area contributed by atoms with Crippen molar-refractivity contribution in [2.75, 3.05) is 44.2 Å². The zero-order chi connectivity index (χ0) is 21.3. The first-order valence-corrected chi connectivity index (χ1v) is 10.6. The van der Waals surface area contributed by atoms with E-state index in [1.807, 2.05) is 36.1 Å². The van der Waals surface area contributed by atoms with Gasteiger partial charge >= 0.3 is 0 Å². The van der Waals surface area contributed by atoms with Crippen molar-refractivity contribution in [2.45, 2.75) is 33.2 Å². The van der Waals surface area contributed by atoms with Crippen LogP contribution in [0.2, 0.25) is 0 Å². The van der Waals surface area contributed by atoms with Crippen molar-refractivity contribution in [1.82, 2.24) is 20.7 Å². The van der Waals surface area contributed by atoms with Gasteiger partial charge in [0.15, 0.2) is 11.7 Å². The molecule has 1 fully saturated rings. The number of benzene rings is 1. The highest BCUT2D eigenvalue weighted by Crippen LogP contribution is 2.16. The number of piperazine rings is 1. The number of aliphatic imine (C=N–C) groups is 1. The van der Waals surface area contributed by atoms with Crippen molar-refractivity contribution in [3.8, 4) is 0 Å². The molecule has 0 aliphatic carbocycles. The lowest BCUT2D eigenvalue weighted by Gasteiger charge is -2.36. The molecule has 0 saturated carbocycles. The molecule has 0 spiro atoms. The molecular formula is C22H32N6O2. The van der Waals surface area contributed by atoms with Crippen LogP contribution in [0.15, 0.2) is 45.9 Å². The third kappa shape index (κ3) is 5.98. The highest BCUT2D eigenvalue weighted by molar-refractivity contribution is 5.85. The van der Waals surface area contributed by atoms with Gasteiger partial charge in [0.1, 0.15) is 6.54 Å². The first-order chi connectivity index (χ1) is 14.6. The molecule has 30 heavy (non-hydrogen) atoms. The fraction of sp³-hybridized carbons (Fsp3) is 0.500. The molecule has 2 N–H and O–H groups in total. The summed E-state index contributed by atoms with van der Waals surface area (Å²) in [6, 6.07) is 12.3. The van der Waals surface area contributed by atoms with E-state index < -0.39 is 0 Å². The Morgan fingerprint density at radius 2 is 1.90 bits per heavy atom. The molecule has 8 heteroatoms. The van der Waals surface area contributed by atoms with Crippen LogP contribution in [0, 0.1) is 0 Å². The maximum Gasteiger partial charge on any atom is 0.244 e. The van der Waals surface area contributed by atoms with Gasteiger partial charge < -0.3 is 25.0 Å². The molecule has 1 aromatic heterocycles. The van der Waals surface area contributed by atoms with E-state index in [-0.39, 0.29) is 12.5 Å². The molecule has 3 rings (SSSR count). The molecular weight excluding hydrogens is 380 g/mol. The van der Waals surface area contributed by atoms with Crippen LogP contribution in [0.25, 0.3) is 0 Å². The molecule has 0 radical (unpaired) electrons. The molecule has 0 unspecified atom stereocenters. The number of anilines is 1. The summed E-state index contributed by atoms with van der Waals surface area (Å²) in [7, 11) is 0. The summed E-state index contributed by atoms with van der Waals surface area (Å²) in [5, 5.41) is 10.4. The molecule has 2 heterocycles. The van der Waals surface area contributed by atoms with Crippen LogP contribution >= 0.6 is 0 Å². The summed E-state index contributed by atoms with van der Waals surface area (Å²) in [6.07, 6.45) is 0. The van der Waals surface area contributed by atoms with E-state index in [9.17, 15) is 4.79 Å². The van der Waals surface area contributed by atoms with E-state index in [1.165, 1.54) is 5.69 Å². The van der Waals surface area contributed by atoms with Crippen LogP contribution in [0.4, 0.5) is 5.69 Å². The number of carbonyl (C=O) groups is 1. The van der Waals surface area contributed by atoms with Crippen molar-refractivity contribution >= 4 is 17.6 Å². The maximum atomic E-state index is 12.6. The average Bonchev–Trinajstić information content (AvgIpc) is 3.26. The monoisotopic (exact) mass is 412 g/mol. The van der Waals surface area contributed by atoms with Crippen molar-refractivity contribution in [3.63, 3.8) is 0 Å². The van der Waals surface area contributed by atoms with Gasteiger partial charge in [-0.15, -0.1) is 0 Å². The van der Waals surface area contributed by atoms with Gasteiger partial charge in [0, 0.05) is 44.5 Å². The zero-order valence-electron chi connectivity index (χ0n) is 18.1.